The van der Waals surface area contributed by atoms with Crippen LogP contribution in [-0.4, -0.2) is 31.3 Å². The third kappa shape index (κ3) is 6.24. The van der Waals surface area contributed by atoms with Crippen LogP contribution in [0.5, 0.6) is 0 Å². The lowest BCUT2D eigenvalue weighted by molar-refractivity contribution is -0.123. The smallest absolute Gasteiger partial charge is 0.237 e. The molecule has 0 saturated carbocycles. The Hall–Kier alpha value is -0.940. The van der Waals surface area contributed by atoms with Gasteiger partial charge in [-0.1, -0.05) is 6.42 Å². The zero-order valence-corrected chi connectivity index (χ0v) is 7.66. The molecule has 0 aromatic rings. The zero-order chi connectivity index (χ0) is 10.1. The molecule has 0 heterocycles. The summed E-state index contributed by atoms with van der Waals surface area (Å²) in [5.41, 5.74) is 10.8. The van der Waals surface area contributed by atoms with Crippen molar-refractivity contribution in [2.45, 2.75) is 25.3 Å². The molecule has 1 atom stereocenters. The summed E-state index contributed by atoms with van der Waals surface area (Å²) < 4.78 is 0. The van der Waals surface area contributed by atoms with E-state index in [1.54, 1.807) is 0 Å². The maximum atomic E-state index is 11.1. The van der Waals surface area contributed by atoms with Crippen molar-refractivity contribution in [1.82, 2.24) is 5.32 Å². The zero-order valence-electron chi connectivity index (χ0n) is 7.66. The van der Waals surface area contributed by atoms with Crippen LogP contribution in [0, 0.1) is 0 Å². The molecule has 0 aliphatic heterocycles. The quantitative estimate of drug-likeness (QED) is 0.343. The number of carbonyl (C=O) groups excluding carboxylic acids is 2. The first-order valence-electron chi connectivity index (χ1n) is 4.39. The van der Waals surface area contributed by atoms with E-state index in [-0.39, 0.29) is 12.5 Å². The Kier molecular flexibility index (Phi) is 7.14. The Morgan fingerprint density at radius 1 is 1.46 bits per heavy atom. The van der Waals surface area contributed by atoms with Crippen molar-refractivity contribution >= 4 is 12.2 Å². The van der Waals surface area contributed by atoms with E-state index < -0.39 is 6.04 Å². The first-order chi connectivity index (χ1) is 6.22. The Morgan fingerprint density at radius 2 is 2.15 bits per heavy atom. The SMILES string of the molecule is NCCCC[C@@H](N)C(=O)NCC=O. The maximum absolute atomic E-state index is 11.1. The number of aldehydes is 1. The van der Waals surface area contributed by atoms with Gasteiger partial charge in [0.1, 0.15) is 6.29 Å². The predicted molar refractivity (Wildman–Crippen MR) is 50.0 cm³/mol. The van der Waals surface area contributed by atoms with Crippen LogP contribution in [-0.2, 0) is 9.59 Å². The molecule has 13 heavy (non-hydrogen) atoms. The van der Waals surface area contributed by atoms with E-state index >= 15 is 0 Å². The molecule has 0 unspecified atom stereocenters. The summed E-state index contributed by atoms with van der Waals surface area (Å²) in [6.45, 7) is 0.645. The van der Waals surface area contributed by atoms with E-state index in [9.17, 15) is 9.59 Å². The second kappa shape index (κ2) is 7.70. The summed E-state index contributed by atoms with van der Waals surface area (Å²) in [4.78, 5) is 21.0. The molecule has 0 aromatic carbocycles. The molecule has 1 amide bonds. The molecule has 0 fully saturated rings. The van der Waals surface area contributed by atoms with Crippen molar-refractivity contribution in [1.29, 1.82) is 0 Å². The summed E-state index contributed by atoms with van der Waals surface area (Å²) in [5, 5.41) is 2.40. The lowest BCUT2D eigenvalue weighted by Crippen LogP contribution is -2.41. The fourth-order valence-electron chi connectivity index (χ4n) is 0.913. The molecule has 0 aliphatic rings. The van der Waals surface area contributed by atoms with Gasteiger partial charge < -0.3 is 21.6 Å². The highest BCUT2D eigenvalue weighted by atomic mass is 16.2. The van der Waals surface area contributed by atoms with Crippen LogP contribution in [0.3, 0.4) is 0 Å². The fraction of sp³-hybridized carbons (Fsp3) is 0.750. The molecule has 0 aliphatic carbocycles. The van der Waals surface area contributed by atoms with Gasteiger partial charge >= 0.3 is 0 Å². The normalized spacial score (nSPS) is 12.2. The minimum Gasteiger partial charge on any atom is -0.348 e. The highest BCUT2D eigenvalue weighted by Gasteiger charge is 2.11. The number of unbranched alkanes of at least 4 members (excludes halogenated alkanes) is 1. The van der Waals surface area contributed by atoms with Gasteiger partial charge in [0.2, 0.25) is 5.91 Å². The number of amides is 1. The van der Waals surface area contributed by atoms with Gasteiger partial charge in [-0.15, -0.1) is 0 Å². The molecule has 0 aromatic heterocycles. The lowest BCUT2D eigenvalue weighted by Gasteiger charge is -2.09. The largest absolute Gasteiger partial charge is 0.348 e. The molecule has 0 rings (SSSR count). The summed E-state index contributed by atoms with van der Waals surface area (Å²) >= 11 is 0. The van der Waals surface area contributed by atoms with Crippen LogP contribution in [0.15, 0.2) is 0 Å². The summed E-state index contributed by atoms with van der Waals surface area (Å²) in [5.74, 6) is -0.274. The van der Waals surface area contributed by atoms with Crippen molar-refractivity contribution in [3.8, 4) is 0 Å². The van der Waals surface area contributed by atoms with E-state index in [1.165, 1.54) is 0 Å². The topological polar surface area (TPSA) is 98.2 Å². The van der Waals surface area contributed by atoms with Crippen LogP contribution < -0.4 is 16.8 Å². The Labute approximate surface area is 77.8 Å². The van der Waals surface area contributed by atoms with Crippen molar-refractivity contribution in [3.05, 3.63) is 0 Å². The van der Waals surface area contributed by atoms with Crippen LogP contribution in [0.25, 0.3) is 0 Å². The number of nitrogens with one attached hydrogen (secondary N) is 1. The monoisotopic (exact) mass is 187 g/mol. The predicted octanol–water partition coefficient (Wildman–Crippen LogP) is -1.24. The molecule has 0 bridgehead atoms. The van der Waals surface area contributed by atoms with Crippen LogP contribution in [0.1, 0.15) is 19.3 Å². The standard InChI is InChI=1S/C8H17N3O2/c9-4-2-1-3-7(10)8(13)11-5-6-12/h6-7H,1-5,9-10H2,(H,11,13)/t7-/m1/s1. The van der Waals surface area contributed by atoms with E-state index in [4.69, 9.17) is 11.5 Å². The molecule has 5 N–H and O–H groups in total. The summed E-state index contributed by atoms with van der Waals surface area (Å²) in [6, 6.07) is -0.522. The van der Waals surface area contributed by atoms with Gasteiger partial charge in [-0.25, -0.2) is 0 Å². The van der Waals surface area contributed by atoms with Crippen molar-refractivity contribution in [2.75, 3.05) is 13.1 Å². The average molecular weight is 187 g/mol. The number of rotatable bonds is 7. The average Bonchev–Trinajstić information content (AvgIpc) is 2.14. The lowest BCUT2D eigenvalue weighted by atomic mass is 10.1. The molecule has 5 heteroatoms. The Bertz CT molecular complexity index is 161. The molecule has 0 spiro atoms. The Morgan fingerprint density at radius 3 is 2.69 bits per heavy atom. The minimum atomic E-state index is -0.522. The van der Waals surface area contributed by atoms with Crippen LogP contribution in [0.4, 0.5) is 0 Å². The van der Waals surface area contributed by atoms with E-state index in [2.05, 4.69) is 5.32 Å². The van der Waals surface area contributed by atoms with Crippen LogP contribution in [0.2, 0.25) is 0 Å². The molecule has 5 nitrogen and oxygen atoms in total. The van der Waals surface area contributed by atoms with Crippen molar-refractivity contribution in [2.24, 2.45) is 11.5 Å². The molecule has 76 valence electrons. The highest BCUT2D eigenvalue weighted by Crippen LogP contribution is 1.97. The van der Waals surface area contributed by atoms with Gasteiger partial charge in [0.15, 0.2) is 0 Å². The number of carbonyl (C=O) groups is 2. The number of nitrogens with two attached hydrogens (primary N) is 2. The molecular weight excluding hydrogens is 170 g/mol. The third-order valence-electron chi connectivity index (χ3n) is 1.67. The van der Waals surface area contributed by atoms with Gasteiger partial charge in [0, 0.05) is 0 Å². The second-order valence-corrected chi connectivity index (χ2v) is 2.80. The van der Waals surface area contributed by atoms with Crippen LogP contribution >= 0.6 is 0 Å². The molecule has 0 saturated heterocycles. The van der Waals surface area contributed by atoms with E-state index in [0.717, 1.165) is 12.8 Å². The van der Waals surface area contributed by atoms with E-state index in [0.29, 0.717) is 19.3 Å². The maximum Gasteiger partial charge on any atom is 0.237 e. The summed E-state index contributed by atoms with van der Waals surface area (Å²) in [6.07, 6.45) is 2.95. The second-order valence-electron chi connectivity index (χ2n) is 2.80. The van der Waals surface area contributed by atoms with Gasteiger partial charge in [0.05, 0.1) is 12.6 Å². The van der Waals surface area contributed by atoms with Gasteiger partial charge in [-0.05, 0) is 19.4 Å². The van der Waals surface area contributed by atoms with Crippen molar-refractivity contribution < 1.29 is 9.59 Å². The fourth-order valence-corrected chi connectivity index (χ4v) is 0.913. The van der Waals surface area contributed by atoms with Crippen molar-refractivity contribution in [3.63, 3.8) is 0 Å². The van der Waals surface area contributed by atoms with E-state index in [1.807, 2.05) is 0 Å². The number of hydrogen-bond acceptors (Lipinski definition) is 4. The van der Waals surface area contributed by atoms with Gasteiger partial charge in [0.25, 0.3) is 0 Å². The number of hydrogen-bond donors (Lipinski definition) is 3. The first kappa shape index (κ1) is 12.1. The minimum absolute atomic E-state index is 0.0312. The molecule has 0 radical (unpaired) electrons. The first-order valence-corrected chi connectivity index (χ1v) is 4.39. The van der Waals surface area contributed by atoms with Gasteiger partial charge in [-0.3, -0.25) is 4.79 Å². The Balaban J connectivity index is 3.50. The molecular formula is C8H17N3O2. The van der Waals surface area contributed by atoms with Gasteiger partial charge in [-0.2, -0.15) is 0 Å². The third-order valence-corrected chi connectivity index (χ3v) is 1.67. The highest BCUT2D eigenvalue weighted by molar-refractivity contribution is 5.83. The summed E-state index contributed by atoms with van der Waals surface area (Å²) in [7, 11) is 0.